The number of hydrogen-bond acceptors (Lipinski definition) is 10. The molecule has 13 nitrogen and oxygen atoms in total. The van der Waals surface area contributed by atoms with Crippen molar-refractivity contribution >= 4 is 69.1 Å². The van der Waals surface area contributed by atoms with Gasteiger partial charge in [0.25, 0.3) is 0 Å². The first-order chi connectivity index (χ1) is 23.2. The molecule has 48 heavy (non-hydrogen) atoms. The van der Waals surface area contributed by atoms with Gasteiger partial charge in [0.05, 0.1) is 35.9 Å². The molecule has 14 heteroatoms. The van der Waals surface area contributed by atoms with E-state index in [1.807, 2.05) is 43.4 Å². The zero-order chi connectivity index (χ0) is 33.5. The molecule has 3 amide bonds. The van der Waals surface area contributed by atoms with Gasteiger partial charge in [-0.25, -0.2) is 4.98 Å². The third-order valence-corrected chi connectivity index (χ3v) is 9.95. The highest BCUT2D eigenvalue weighted by Gasteiger charge is 2.33. The van der Waals surface area contributed by atoms with Gasteiger partial charge in [-0.1, -0.05) is 24.6 Å². The Morgan fingerprint density at radius 3 is 2.69 bits per heavy atom. The third kappa shape index (κ3) is 6.15. The standard InChI is InChI=1S/C34H38ClN9O4/c1-19-17-43(34-36-16-26(35)31(40-34)38-21-4-3-5-23(14-21)44-13-10-20(18-45)33(44)48)12-11-27(19)37-22-6-7-24-28(15-22)42(2)41-30(24)25-8-9-29(46)39-32(25)47/h3-7,14-16,19-20,25,27,37,45H,8-13,17-18H2,1-2H3,(H,36,38,40)(H,39,46,47)/t19-,20+,25?,27-/m1/s1. The van der Waals surface area contributed by atoms with E-state index in [1.54, 1.807) is 15.8 Å². The van der Waals surface area contributed by atoms with Gasteiger partial charge in [0.2, 0.25) is 23.7 Å². The number of fused-ring (bicyclic) bond motifs is 1. The molecule has 0 saturated carbocycles. The number of amides is 3. The minimum Gasteiger partial charge on any atom is -0.396 e. The van der Waals surface area contributed by atoms with Gasteiger partial charge in [-0.05, 0) is 61.6 Å². The fraction of sp³-hybridized carbons (Fsp3) is 0.412. The van der Waals surface area contributed by atoms with Crippen LogP contribution >= 0.6 is 11.6 Å². The van der Waals surface area contributed by atoms with Crippen molar-refractivity contribution in [2.24, 2.45) is 18.9 Å². The van der Waals surface area contributed by atoms with Crippen LogP contribution in [-0.2, 0) is 21.4 Å². The van der Waals surface area contributed by atoms with E-state index in [1.165, 1.54) is 0 Å². The number of nitrogens with one attached hydrogen (secondary N) is 3. The van der Waals surface area contributed by atoms with Gasteiger partial charge < -0.3 is 25.5 Å². The summed E-state index contributed by atoms with van der Waals surface area (Å²) >= 11 is 6.52. The van der Waals surface area contributed by atoms with Crippen LogP contribution < -0.4 is 25.8 Å². The molecular weight excluding hydrogens is 634 g/mol. The molecule has 0 bridgehead atoms. The molecule has 0 radical (unpaired) electrons. The number of aryl methyl sites for hydroxylation is 1. The number of aliphatic hydroxyl groups is 1. The molecule has 3 fully saturated rings. The predicted octanol–water partition coefficient (Wildman–Crippen LogP) is 3.95. The van der Waals surface area contributed by atoms with E-state index in [0.29, 0.717) is 48.3 Å². The van der Waals surface area contributed by atoms with Crippen LogP contribution in [0.15, 0.2) is 48.7 Å². The second kappa shape index (κ2) is 13.0. The number of aromatic nitrogens is 4. The third-order valence-electron chi connectivity index (χ3n) is 9.68. The van der Waals surface area contributed by atoms with Gasteiger partial charge in [-0.3, -0.25) is 24.4 Å². The highest BCUT2D eigenvalue weighted by Crippen LogP contribution is 2.34. The lowest BCUT2D eigenvalue weighted by Gasteiger charge is -2.37. The molecule has 0 aliphatic carbocycles. The number of carbonyl (C=O) groups excluding carboxylic acids is 3. The highest BCUT2D eigenvalue weighted by atomic mass is 35.5. The smallest absolute Gasteiger partial charge is 0.235 e. The van der Waals surface area contributed by atoms with E-state index in [9.17, 15) is 19.5 Å². The normalized spacial score (nSPS) is 23.1. The van der Waals surface area contributed by atoms with Gasteiger partial charge >= 0.3 is 0 Å². The van der Waals surface area contributed by atoms with Crippen LogP contribution in [0.2, 0.25) is 5.02 Å². The summed E-state index contributed by atoms with van der Waals surface area (Å²) in [5.41, 5.74) is 4.10. The molecular formula is C34H38ClN9O4. The number of imide groups is 1. The topological polar surface area (TPSA) is 158 Å². The van der Waals surface area contributed by atoms with E-state index < -0.39 is 5.92 Å². The van der Waals surface area contributed by atoms with E-state index in [-0.39, 0.29) is 42.2 Å². The number of anilines is 5. The van der Waals surface area contributed by atoms with Crippen LogP contribution in [0.5, 0.6) is 0 Å². The zero-order valence-electron chi connectivity index (χ0n) is 26.8. The zero-order valence-corrected chi connectivity index (χ0v) is 27.6. The van der Waals surface area contributed by atoms with E-state index in [0.717, 1.165) is 47.5 Å². The summed E-state index contributed by atoms with van der Waals surface area (Å²) in [6, 6.07) is 13.8. The average Bonchev–Trinajstić information content (AvgIpc) is 3.61. The first-order valence-corrected chi connectivity index (χ1v) is 16.7. The first kappa shape index (κ1) is 31.8. The summed E-state index contributed by atoms with van der Waals surface area (Å²) in [7, 11) is 1.87. The van der Waals surface area contributed by atoms with Crippen molar-refractivity contribution in [3.05, 3.63) is 59.4 Å². The Bertz CT molecular complexity index is 1900. The Hall–Kier alpha value is -4.75. The van der Waals surface area contributed by atoms with Crippen molar-refractivity contribution in [3.63, 3.8) is 0 Å². The average molecular weight is 672 g/mol. The Morgan fingerprint density at radius 1 is 1.06 bits per heavy atom. The van der Waals surface area contributed by atoms with E-state index in [2.05, 4.69) is 43.9 Å². The Morgan fingerprint density at radius 2 is 1.92 bits per heavy atom. The summed E-state index contributed by atoms with van der Waals surface area (Å²) in [6.07, 6.45) is 3.87. The van der Waals surface area contributed by atoms with Gasteiger partial charge in [0.1, 0.15) is 5.02 Å². The summed E-state index contributed by atoms with van der Waals surface area (Å²) in [5, 5.41) is 24.9. The summed E-state index contributed by atoms with van der Waals surface area (Å²) in [4.78, 5) is 50.0. The number of nitrogens with zero attached hydrogens (tertiary/aromatic N) is 6. The van der Waals surface area contributed by atoms with Gasteiger partial charge in [0, 0.05) is 61.6 Å². The maximum Gasteiger partial charge on any atom is 0.235 e. The van der Waals surface area contributed by atoms with Crippen LogP contribution in [0.4, 0.5) is 28.8 Å². The number of carbonyl (C=O) groups is 3. The first-order valence-electron chi connectivity index (χ1n) is 16.3. The summed E-state index contributed by atoms with van der Waals surface area (Å²) < 4.78 is 1.80. The SMILES string of the molecule is C[C@@H]1CN(c2ncc(Cl)c(Nc3cccc(N4CC[C@@H](CO)C4=O)c3)n2)CC[C@H]1Nc1ccc2c(C3CCC(=O)NC3=O)nn(C)c2c1. The molecule has 1 unspecified atom stereocenters. The fourth-order valence-corrected chi connectivity index (χ4v) is 7.13. The van der Waals surface area contributed by atoms with Crippen LogP contribution in [0, 0.1) is 11.8 Å². The van der Waals surface area contributed by atoms with Crippen molar-refractivity contribution in [3.8, 4) is 0 Å². The van der Waals surface area contributed by atoms with Crippen LogP contribution in [-0.4, -0.2) is 74.9 Å². The Labute approximate surface area is 282 Å². The molecule has 2 aromatic carbocycles. The van der Waals surface area contributed by atoms with Crippen LogP contribution in [0.25, 0.3) is 10.9 Å². The number of piperidine rings is 2. The number of benzene rings is 2. The minimum absolute atomic E-state index is 0.0690. The lowest BCUT2D eigenvalue weighted by molar-refractivity contribution is -0.134. The molecule has 3 aliphatic heterocycles. The number of rotatable bonds is 8. The second-order valence-electron chi connectivity index (χ2n) is 12.9. The predicted molar refractivity (Wildman–Crippen MR) is 184 cm³/mol. The van der Waals surface area contributed by atoms with E-state index in [4.69, 9.17) is 16.6 Å². The maximum atomic E-state index is 12.6. The van der Waals surface area contributed by atoms with Gasteiger partial charge in [-0.2, -0.15) is 10.1 Å². The molecule has 7 rings (SSSR count). The number of hydrogen-bond donors (Lipinski definition) is 4. The van der Waals surface area contributed by atoms with Gasteiger partial charge in [-0.15, -0.1) is 0 Å². The maximum absolute atomic E-state index is 12.6. The molecule has 4 aromatic rings. The highest BCUT2D eigenvalue weighted by molar-refractivity contribution is 6.32. The largest absolute Gasteiger partial charge is 0.396 e. The monoisotopic (exact) mass is 671 g/mol. The lowest BCUT2D eigenvalue weighted by atomic mass is 9.92. The second-order valence-corrected chi connectivity index (χ2v) is 13.3. The number of aliphatic hydroxyl groups excluding tert-OH is 1. The molecule has 4 atom stereocenters. The van der Waals surface area contributed by atoms with Crippen molar-refractivity contribution in [1.82, 2.24) is 25.1 Å². The van der Waals surface area contributed by atoms with E-state index >= 15 is 0 Å². The molecule has 4 N–H and O–H groups in total. The molecule has 2 aromatic heterocycles. The summed E-state index contributed by atoms with van der Waals surface area (Å²) in [5.74, 6) is -0.0504. The molecule has 5 heterocycles. The Kier molecular flexibility index (Phi) is 8.65. The van der Waals surface area contributed by atoms with Crippen LogP contribution in [0.3, 0.4) is 0 Å². The molecule has 3 saturated heterocycles. The quantitative estimate of drug-likeness (QED) is 0.202. The van der Waals surface area contributed by atoms with Crippen molar-refractivity contribution in [2.75, 3.05) is 46.7 Å². The van der Waals surface area contributed by atoms with Crippen molar-refractivity contribution in [1.29, 1.82) is 0 Å². The number of halogens is 1. The Balaban J connectivity index is 1.01. The fourth-order valence-electron chi connectivity index (χ4n) is 6.99. The summed E-state index contributed by atoms with van der Waals surface area (Å²) in [6.45, 7) is 4.11. The van der Waals surface area contributed by atoms with Crippen molar-refractivity contribution < 1.29 is 19.5 Å². The van der Waals surface area contributed by atoms with Gasteiger partial charge in [0.15, 0.2) is 5.82 Å². The lowest BCUT2D eigenvalue weighted by Crippen LogP contribution is -2.46. The van der Waals surface area contributed by atoms with Crippen molar-refractivity contribution in [2.45, 2.75) is 44.6 Å². The molecule has 0 spiro atoms. The molecule has 250 valence electrons. The van der Waals surface area contributed by atoms with Crippen LogP contribution in [0.1, 0.15) is 44.2 Å². The molecule has 3 aliphatic rings. The minimum atomic E-state index is -0.438.